The van der Waals surface area contributed by atoms with Crippen LogP contribution in [0.2, 0.25) is 0 Å². The van der Waals surface area contributed by atoms with Crippen molar-refractivity contribution in [1.29, 1.82) is 0 Å². The predicted octanol–water partition coefficient (Wildman–Crippen LogP) is 0.577. The fraction of sp³-hybridized carbons (Fsp3) is 0.182. The number of carboxylic acids is 2. The Bertz CT molecular complexity index is 2150. The Kier molecular flexibility index (Phi) is 8.54. The molecule has 43 heavy (non-hydrogen) atoms. The smallest absolute Gasteiger partial charge is 0.303 e. The Balaban J connectivity index is 2.03. The fourth-order valence-corrected chi connectivity index (χ4v) is 5.14. The molecule has 0 unspecified atom stereocenters. The third kappa shape index (κ3) is 6.05. The molecular weight excluding hydrogens is 548 g/mol. The van der Waals surface area contributed by atoms with Crippen molar-refractivity contribution in [2.75, 3.05) is 0 Å². The van der Waals surface area contributed by atoms with E-state index in [-0.39, 0.29) is 37.4 Å². The average molecular weight is 583 g/mol. The molecule has 4 heterocycles. The number of carboxylic acid groups (broad SMARTS) is 2. The van der Waals surface area contributed by atoms with Crippen LogP contribution in [0.3, 0.4) is 0 Å². The van der Waals surface area contributed by atoms with Crippen molar-refractivity contribution in [2.45, 2.75) is 39.5 Å². The number of hydrogen-bond donors (Lipinski definition) is 8. The molecule has 10 nitrogen and oxygen atoms in total. The molecule has 0 aliphatic rings. The maximum absolute atomic E-state index is 11.5. The first-order chi connectivity index (χ1) is 20.4. The van der Waals surface area contributed by atoms with Gasteiger partial charge in [0.05, 0.1) is 16.0 Å². The second kappa shape index (κ2) is 12.1. The summed E-state index contributed by atoms with van der Waals surface area (Å²) in [6.45, 7) is 19.2. The summed E-state index contributed by atoms with van der Waals surface area (Å²) in [5.74, 6) is -2.03. The van der Waals surface area contributed by atoms with Crippen molar-refractivity contribution < 1.29 is 30.0 Å². The van der Waals surface area contributed by atoms with E-state index in [0.29, 0.717) is 54.3 Å². The highest BCUT2D eigenvalue weighted by Gasteiger charge is 2.16. The van der Waals surface area contributed by atoms with E-state index < -0.39 is 11.9 Å². The molecule has 4 aromatic heterocycles. The third-order valence-corrected chi connectivity index (χ3v) is 7.56. The van der Waals surface area contributed by atoms with Gasteiger partial charge in [-0.1, -0.05) is 44.2 Å². The van der Waals surface area contributed by atoms with E-state index in [0.717, 1.165) is 22.3 Å². The van der Waals surface area contributed by atoms with Crippen LogP contribution in [-0.4, -0.2) is 52.3 Å². The Labute approximate surface area is 246 Å². The molecule has 0 atom stereocenters. The highest BCUT2D eigenvalue weighted by molar-refractivity contribution is 5.69. The molecule has 0 saturated heterocycles. The van der Waals surface area contributed by atoms with Gasteiger partial charge >= 0.3 is 11.9 Å². The van der Waals surface area contributed by atoms with Gasteiger partial charge in [-0.15, -0.1) is 0 Å². The largest absolute Gasteiger partial charge is 0.494 e. The van der Waals surface area contributed by atoms with Crippen molar-refractivity contribution in [1.82, 2.24) is 19.9 Å². The SMILES string of the molecule is C=Cc1c(O)[nH]c(=C=c2[nH]c(=Cc3[nH]c(C=c4[nH]c(O)c(C=C)c4=C)c(C)c3CCC(=O)O)c(CCC(=O)O)c2C)c1=C. The minimum absolute atomic E-state index is 0.0562. The number of H-pyrrole nitrogens is 4. The van der Waals surface area contributed by atoms with Crippen LogP contribution in [0.4, 0.5) is 0 Å². The second-order valence-electron chi connectivity index (χ2n) is 10.2. The van der Waals surface area contributed by atoms with Crippen molar-refractivity contribution >= 4 is 55.1 Å². The molecule has 0 saturated carbocycles. The summed E-state index contributed by atoms with van der Waals surface area (Å²) in [5.41, 5.74) is 8.58. The number of hydrogen-bond acceptors (Lipinski definition) is 4. The molecule has 222 valence electrons. The van der Waals surface area contributed by atoms with Crippen LogP contribution in [0.1, 0.15) is 57.6 Å². The minimum atomic E-state index is -0.946. The van der Waals surface area contributed by atoms with Gasteiger partial charge in [-0.3, -0.25) is 9.59 Å². The first kappa shape index (κ1) is 30.4. The Hall–Kier alpha value is -5.60. The van der Waals surface area contributed by atoms with E-state index in [4.69, 9.17) is 0 Å². The van der Waals surface area contributed by atoms with E-state index in [9.17, 15) is 30.0 Å². The number of carbonyl (C=O) groups is 2. The molecule has 0 aliphatic carbocycles. The fourth-order valence-electron chi connectivity index (χ4n) is 5.14. The van der Waals surface area contributed by atoms with Crippen molar-refractivity contribution in [3.8, 4) is 11.8 Å². The van der Waals surface area contributed by atoms with Crippen LogP contribution in [0.5, 0.6) is 11.8 Å². The number of nitrogens with one attached hydrogen (secondary N) is 4. The monoisotopic (exact) mass is 582 g/mol. The summed E-state index contributed by atoms with van der Waals surface area (Å²) >= 11 is 0. The van der Waals surface area contributed by atoms with E-state index in [1.165, 1.54) is 12.2 Å². The lowest BCUT2D eigenvalue weighted by atomic mass is 10.0. The number of aliphatic carboxylic acids is 2. The summed E-state index contributed by atoms with van der Waals surface area (Å²) in [5, 5.41) is 42.5. The zero-order chi connectivity index (χ0) is 31.6. The molecule has 0 fully saturated rings. The number of aromatic nitrogens is 4. The molecule has 0 aromatic carbocycles. The van der Waals surface area contributed by atoms with Crippen LogP contribution in [0.25, 0.3) is 43.2 Å². The van der Waals surface area contributed by atoms with Crippen LogP contribution in [0, 0.1) is 13.8 Å². The van der Waals surface area contributed by atoms with Gasteiger partial charge in [0.2, 0.25) is 0 Å². The first-order valence-corrected chi connectivity index (χ1v) is 13.5. The molecule has 10 heteroatoms. The lowest BCUT2D eigenvalue weighted by Crippen LogP contribution is -2.24. The number of rotatable bonds is 10. The van der Waals surface area contributed by atoms with E-state index >= 15 is 0 Å². The van der Waals surface area contributed by atoms with Gasteiger partial charge in [0.1, 0.15) is 0 Å². The van der Waals surface area contributed by atoms with Gasteiger partial charge in [0, 0.05) is 51.1 Å². The quantitative estimate of drug-likeness (QED) is 0.136. The lowest BCUT2D eigenvalue weighted by Gasteiger charge is -2.01. The Morgan fingerprint density at radius 3 is 1.84 bits per heavy atom. The zero-order valence-corrected chi connectivity index (χ0v) is 24.1. The topological polar surface area (TPSA) is 178 Å². The summed E-state index contributed by atoms with van der Waals surface area (Å²) in [7, 11) is 0. The van der Waals surface area contributed by atoms with Crippen LogP contribution < -0.4 is 31.8 Å². The number of aromatic amines is 4. The maximum Gasteiger partial charge on any atom is 0.303 e. The van der Waals surface area contributed by atoms with Crippen LogP contribution in [0.15, 0.2) is 13.2 Å². The third-order valence-electron chi connectivity index (χ3n) is 7.56. The van der Waals surface area contributed by atoms with E-state index in [1.807, 2.05) is 19.9 Å². The second-order valence-corrected chi connectivity index (χ2v) is 10.2. The molecule has 0 radical (unpaired) electrons. The molecule has 0 amide bonds. The van der Waals surface area contributed by atoms with Gasteiger partial charge < -0.3 is 40.4 Å². The van der Waals surface area contributed by atoms with Crippen molar-refractivity contribution in [2.24, 2.45) is 0 Å². The van der Waals surface area contributed by atoms with Crippen molar-refractivity contribution in [3.05, 3.63) is 89.8 Å². The average Bonchev–Trinajstić information content (AvgIpc) is 3.58. The lowest BCUT2D eigenvalue weighted by molar-refractivity contribution is -0.138. The highest BCUT2D eigenvalue weighted by atomic mass is 16.4. The van der Waals surface area contributed by atoms with Crippen LogP contribution >= 0.6 is 0 Å². The highest BCUT2D eigenvalue weighted by Crippen LogP contribution is 2.22. The molecule has 4 aromatic rings. The normalized spacial score (nSPS) is 12.0. The van der Waals surface area contributed by atoms with Gasteiger partial charge in [0.15, 0.2) is 11.8 Å². The molecule has 0 aliphatic heterocycles. The standard InChI is InChI=1S/C33H34N4O6/c1-7-20-16(3)26(36-32(20)42)13-24-18(5)22(9-11-30(38)39)28(34-24)15-29-23(10-12-31(40)41)19(6)25(35-29)14-27-17(4)21(8-2)33(43)37-27/h7-8,13,15,34-37,42-43H,1-4,9-12H2,5-6H3,(H,38,39)(H,40,41). The van der Waals surface area contributed by atoms with E-state index in [2.05, 4.69) is 52.0 Å². The van der Waals surface area contributed by atoms with Gasteiger partial charge in [-0.05, 0) is 61.1 Å². The summed E-state index contributed by atoms with van der Waals surface area (Å²) in [6.07, 6.45) is 6.89. The maximum atomic E-state index is 11.5. The Morgan fingerprint density at radius 2 is 1.28 bits per heavy atom. The van der Waals surface area contributed by atoms with Gasteiger partial charge in [0.25, 0.3) is 0 Å². The number of aromatic hydroxyl groups is 2. The predicted molar refractivity (Wildman–Crippen MR) is 167 cm³/mol. The molecule has 8 N–H and O–H groups in total. The summed E-state index contributed by atoms with van der Waals surface area (Å²) in [4.78, 5) is 35.4. The summed E-state index contributed by atoms with van der Waals surface area (Å²) in [6, 6.07) is 0. The molecule has 4 rings (SSSR count). The van der Waals surface area contributed by atoms with E-state index in [1.54, 1.807) is 6.08 Å². The first-order valence-electron chi connectivity index (χ1n) is 13.5. The minimum Gasteiger partial charge on any atom is -0.494 e. The van der Waals surface area contributed by atoms with Gasteiger partial charge in [-0.25, -0.2) is 0 Å². The molecule has 0 spiro atoms. The van der Waals surface area contributed by atoms with Crippen molar-refractivity contribution in [3.63, 3.8) is 0 Å². The zero-order valence-electron chi connectivity index (χ0n) is 24.1. The van der Waals surface area contributed by atoms with Crippen LogP contribution in [-0.2, 0) is 22.4 Å². The molecular formula is C33H34N4O6. The Morgan fingerprint density at radius 1 is 0.721 bits per heavy atom. The summed E-state index contributed by atoms with van der Waals surface area (Å²) < 4.78 is 0. The van der Waals surface area contributed by atoms with Gasteiger partial charge in [-0.2, -0.15) is 0 Å². The molecule has 0 bridgehead atoms.